The van der Waals surface area contributed by atoms with E-state index in [1.807, 2.05) is 48.8 Å². The number of nitrogens with one attached hydrogen (secondary N) is 1. The molecular weight excluding hydrogens is 324 g/mol. The van der Waals surface area contributed by atoms with Crippen molar-refractivity contribution in [1.29, 1.82) is 0 Å². The van der Waals surface area contributed by atoms with Gasteiger partial charge in [0, 0.05) is 37.6 Å². The number of aromatic nitrogens is 4. The lowest BCUT2D eigenvalue weighted by Crippen LogP contribution is -2.34. The molecular formula is C20H22N6. The molecule has 132 valence electrons. The standard InChI is InChI=1S/C20H22N6/c1-3-10-21-17(7-1)15-26-13-5-6-16(14-26)18-9-12-23-20(24-18)25-19-8-2-4-11-22-19/h1-4,7-12,16H,5-6,13-15H2,(H,22,23,24,25)/t16-/m1/s1. The highest BCUT2D eigenvalue weighted by atomic mass is 15.2. The summed E-state index contributed by atoms with van der Waals surface area (Å²) >= 11 is 0. The minimum Gasteiger partial charge on any atom is -0.309 e. The second kappa shape index (κ2) is 8.01. The molecule has 0 aliphatic carbocycles. The monoisotopic (exact) mass is 346 g/mol. The first kappa shape index (κ1) is 16.6. The molecule has 1 aliphatic rings. The molecule has 6 nitrogen and oxygen atoms in total. The maximum atomic E-state index is 4.73. The molecule has 1 atom stereocenters. The molecule has 0 bridgehead atoms. The van der Waals surface area contributed by atoms with Crippen LogP contribution in [-0.4, -0.2) is 37.9 Å². The summed E-state index contributed by atoms with van der Waals surface area (Å²) in [4.78, 5) is 20.2. The molecule has 1 saturated heterocycles. The van der Waals surface area contributed by atoms with Gasteiger partial charge in [0.05, 0.1) is 11.4 Å². The zero-order chi connectivity index (χ0) is 17.6. The predicted molar refractivity (Wildman–Crippen MR) is 101 cm³/mol. The molecule has 0 amide bonds. The summed E-state index contributed by atoms with van der Waals surface area (Å²) in [5, 5.41) is 3.18. The van der Waals surface area contributed by atoms with E-state index in [4.69, 9.17) is 4.98 Å². The Morgan fingerprint density at radius 2 is 1.85 bits per heavy atom. The van der Waals surface area contributed by atoms with Crippen LogP contribution in [0.1, 0.15) is 30.1 Å². The number of nitrogens with zero attached hydrogens (tertiary/aromatic N) is 5. The first-order valence-corrected chi connectivity index (χ1v) is 9.00. The van der Waals surface area contributed by atoms with Crippen LogP contribution < -0.4 is 5.32 Å². The summed E-state index contributed by atoms with van der Waals surface area (Å²) in [6.07, 6.45) is 7.76. The fraction of sp³-hybridized carbons (Fsp3) is 0.300. The van der Waals surface area contributed by atoms with Gasteiger partial charge in [0.25, 0.3) is 0 Å². The maximum Gasteiger partial charge on any atom is 0.228 e. The van der Waals surface area contributed by atoms with Crippen LogP contribution in [0.25, 0.3) is 0 Å². The summed E-state index contributed by atoms with van der Waals surface area (Å²) in [6.45, 7) is 3.00. The molecule has 26 heavy (non-hydrogen) atoms. The largest absolute Gasteiger partial charge is 0.309 e. The number of pyridine rings is 2. The van der Waals surface area contributed by atoms with Crippen LogP contribution in [-0.2, 0) is 6.54 Å². The lowest BCUT2D eigenvalue weighted by atomic mass is 9.94. The van der Waals surface area contributed by atoms with Crippen molar-refractivity contribution in [3.05, 3.63) is 72.4 Å². The highest BCUT2D eigenvalue weighted by Crippen LogP contribution is 2.27. The van der Waals surface area contributed by atoms with E-state index in [2.05, 4.69) is 31.2 Å². The van der Waals surface area contributed by atoms with E-state index in [9.17, 15) is 0 Å². The van der Waals surface area contributed by atoms with Gasteiger partial charge in [0.1, 0.15) is 5.82 Å². The van der Waals surface area contributed by atoms with Crippen LogP contribution in [0.2, 0.25) is 0 Å². The third-order valence-corrected chi connectivity index (χ3v) is 4.62. The highest BCUT2D eigenvalue weighted by molar-refractivity contribution is 5.46. The molecule has 6 heteroatoms. The van der Waals surface area contributed by atoms with Crippen LogP contribution in [0.5, 0.6) is 0 Å². The molecule has 0 radical (unpaired) electrons. The zero-order valence-corrected chi connectivity index (χ0v) is 14.6. The third kappa shape index (κ3) is 4.21. The summed E-state index contributed by atoms with van der Waals surface area (Å²) in [5.74, 6) is 1.77. The highest BCUT2D eigenvalue weighted by Gasteiger charge is 2.23. The number of likely N-dealkylation sites (tertiary alicyclic amines) is 1. The van der Waals surface area contributed by atoms with Gasteiger partial charge >= 0.3 is 0 Å². The van der Waals surface area contributed by atoms with E-state index in [0.717, 1.165) is 43.3 Å². The Balaban J connectivity index is 1.44. The average Bonchev–Trinajstić information content (AvgIpc) is 2.70. The van der Waals surface area contributed by atoms with Crippen molar-refractivity contribution in [3.63, 3.8) is 0 Å². The van der Waals surface area contributed by atoms with Crippen LogP contribution >= 0.6 is 0 Å². The van der Waals surface area contributed by atoms with Gasteiger partial charge in [-0.2, -0.15) is 0 Å². The van der Waals surface area contributed by atoms with Gasteiger partial charge in [-0.25, -0.2) is 15.0 Å². The summed E-state index contributed by atoms with van der Waals surface area (Å²) in [7, 11) is 0. The Bertz CT molecular complexity index is 824. The lowest BCUT2D eigenvalue weighted by Gasteiger charge is -2.32. The summed E-state index contributed by atoms with van der Waals surface area (Å²) in [5.41, 5.74) is 2.21. The van der Waals surface area contributed by atoms with Crippen LogP contribution in [0.3, 0.4) is 0 Å². The van der Waals surface area contributed by atoms with E-state index < -0.39 is 0 Å². The number of hydrogen-bond donors (Lipinski definition) is 1. The van der Waals surface area contributed by atoms with Gasteiger partial charge < -0.3 is 5.32 Å². The van der Waals surface area contributed by atoms with Gasteiger partial charge in [0.15, 0.2) is 0 Å². The van der Waals surface area contributed by atoms with E-state index in [1.165, 1.54) is 6.42 Å². The lowest BCUT2D eigenvalue weighted by molar-refractivity contribution is 0.196. The van der Waals surface area contributed by atoms with Gasteiger partial charge in [0.2, 0.25) is 5.95 Å². The van der Waals surface area contributed by atoms with E-state index in [0.29, 0.717) is 11.9 Å². The number of piperidine rings is 1. The molecule has 0 saturated carbocycles. The fourth-order valence-electron chi connectivity index (χ4n) is 3.37. The van der Waals surface area contributed by atoms with Crippen LogP contribution in [0.15, 0.2) is 61.1 Å². The average molecular weight is 346 g/mol. The quantitative estimate of drug-likeness (QED) is 0.764. The van der Waals surface area contributed by atoms with Crippen molar-refractivity contribution in [2.45, 2.75) is 25.3 Å². The molecule has 1 N–H and O–H groups in total. The summed E-state index contributed by atoms with van der Waals surface area (Å²) in [6, 6.07) is 13.9. The predicted octanol–water partition coefficient (Wildman–Crippen LogP) is 3.39. The van der Waals surface area contributed by atoms with E-state index in [-0.39, 0.29) is 0 Å². The first-order chi connectivity index (χ1) is 12.9. The molecule has 0 spiro atoms. The molecule has 3 aromatic heterocycles. The van der Waals surface area contributed by atoms with Crippen molar-refractivity contribution >= 4 is 11.8 Å². The van der Waals surface area contributed by atoms with E-state index >= 15 is 0 Å². The Hall–Kier alpha value is -2.86. The van der Waals surface area contributed by atoms with Gasteiger partial charge in [-0.15, -0.1) is 0 Å². The third-order valence-electron chi connectivity index (χ3n) is 4.62. The molecule has 0 aromatic carbocycles. The van der Waals surface area contributed by atoms with Gasteiger partial charge in [-0.3, -0.25) is 9.88 Å². The maximum absolute atomic E-state index is 4.73. The zero-order valence-electron chi connectivity index (χ0n) is 14.6. The smallest absolute Gasteiger partial charge is 0.228 e. The molecule has 3 aromatic rings. The minimum absolute atomic E-state index is 0.416. The second-order valence-corrected chi connectivity index (χ2v) is 6.54. The number of hydrogen-bond acceptors (Lipinski definition) is 6. The van der Waals surface area contributed by atoms with Crippen molar-refractivity contribution in [2.24, 2.45) is 0 Å². The van der Waals surface area contributed by atoms with Crippen molar-refractivity contribution in [2.75, 3.05) is 18.4 Å². The molecule has 4 heterocycles. The van der Waals surface area contributed by atoms with E-state index in [1.54, 1.807) is 6.20 Å². The Morgan fingerprint density at radius 3 is 2.65 bits per heavy atom. The summed E-state index contributed by atoms with van der Waals surface area (Å²) < 4.78 is 0. The molecule has 4 rings (SSSR count). The molecule has 1 fully saturated rings. The van der Waals surface area contributed by atoms with Crippen molar-refractivity contribution in [3.8, 4) is 0 Å². The van der Waals surface area contributed by atoms with Crippen LogP contribution in [0.4, 0.5) is 11.8 Å². The number of rotatable bonds is 5. The van der Waals surface area contributed by atoms with Crippen molar-refractivity contribution < 1.29 is 0 Å². The minimum atomic E-state index is 0.416. The molecule has 0 unspecified atom stereocenters. The SMILES string of the molecule is c1ccc(CN2CCC[C@@H](c3ccnc(Nc4ccccn4)n3)C2)nc1. The van der Waals surface area contributed by atoms with Crippen LogP contribution in [0, 0.1) is 0 Å². The number of anilines is 2. The topological polar surface area (TPSA) is 66.8 Å². The Morgan fingerprint density at radius 1 is 0.962 bits per heavy atom. The second-order valence-electron chi connectivity index (χ2n) is 6.54. The molecule has 1 aliphatic heterocycles. The Labute approximate surface area is 153 Å². The Kier molecular flexibility index (Phi) is 5.12. The normalized spacial score (nSPS) is 17.8. The first-order valence-electron chi connectivity index (χ1n) is 9.00. The fourth-order valence-corrected chi connectivity index (χ4v) is 3.37. The van der Waals surface area contributed by atoms with Gasteiger partial charge in [-0.1, -0.05) is 12.1 Å². The van der Waals surface area contributed by atoms with Gasteiger partial charge in [-0.05, 0) is 49.7 Å². The van der Waals surface area contributed by atoms with Crippen molar-refractivity contribution in [1.82, 2.24) is 24.8 Å².